The minimum atomic E-state index is 0.454. The Labute approximate surface area is 145 Å². The summed E-state index contributed by atoms with van der Waals surface area (Å²) in [7, 11) is 1.78. The first-order valence-electron chi connectivity index (χ1n) is 8.64. The van der Waals surface area contributed by atoms with Gasteiger partial charge in [0.25, 0.3) is 0 Å². The Morgan fingerprint density at radius 3 is 2.83 bits per heavy atom. The second kappa shape index (κ2) is 9.99. The number of hydrazone groups is 1. The summed E-state index contributed by atoms with van der Waals surface area (Å²) >= 11 is 1.99. The number of hydrogen-bond donors (Lipinski definition) is 0. The summed E-state index contributed by atoms with van der Waals surface area (Å²) in [6, 6.07) is 11.2. The van der Waals surface area contributed by atoms with E-state index in [1.54, 1.807) is 7.11 Å². The summed E-state index contributed by atoms with van der Waals surface area (Å²) in [6.45, 7) is 6.41. The molecule has 1 aliphatic rings. The number of ether oxygens (including phenoxy) is 1. The van der Waals surface area contributed by atoms with Crippen LogP contribution in [0.15, 0.2) is 35.4 Å². The van der Waals surface area contributed by atoms with Crippen LogP contribution in [0.5, 0.6) is 0 Å². The van der Waals surface area contributed by atoms with Crippen LogP contribution in [0.1, 0.15) is 38.7 Å². The summed E-state index contributed by atoms with van der Waals surface area (Å²) in [5.74, 6) is 1.73. The van der Waals surface area contributed by atoms with Gasteiger partial charge in [-0.25, -0.2) is 0 Å². The lowest BCUT2D eigenvalue weighted by Crippen LogP contribution is -2.29. The predicted molar refractivity (Wildman–Crippen MR) is 101 cm³/mol. The molecule has 4 heteroatoms. The molecular weight excluding hydrogens is 304 g/mol. The van der Waals surface area contributed by atoms with E-state index in [9.17, 15) is 0 Å². The third kappa shape index (κ3) is 6.56. The SMILES string of the molecule is COC[C@@H]1CCCN1/N=C/[C@H](CC(C)C)SCc1ccccc1. The van der Waals surface area contributed by atoms with Gasteiger partial charge in [-0.1, -0.05) is 44.2 Å². The van der Waals surface area contributed by atoms with Crippen LogP contribution < -0.4 is 0 Å². The molecule has 0 amide bonds. The number of thioether (sulfide) groups is 1. The van der Waals surface area contributed by atoms with Crippen LogP contribution >= 0.6 is 11.8 Å². The van der Waals surface area contributed by atoms with Gasteiger partial charge in [-0.05, 0) is 30.7 Å². The van der Waals surface area contributed by atoms with Crippen molar-refractivity contribution in [1.82, 2.24) is 5.01 Å². The predicted octanol–water partition coefficient (Wildman–Crippen LogP) is 4.43. The first kappa shape index (κ1) is 18.3. The average Bonchev–Trinajstić information content (AvgIpc) is 2.98. The average molecular weight is 335 g/mol. The lowest BCUT2D eigenvalue weighted by molar-refractivity contribution is 0.118. The molecule has 1 aromatic carbocycles. The maximum atomic E-state index is 5.31. The Morgan fingerprint density at radius 2 is 2.13 bits per heavy atom. The number of benzene rings is 1. The summed E-state index contributed by atoms with van der Waals surface area (Å²) < 4.78 is 5.31. The number of hydrogen-bond acceptors (Lipinski definition) is 4. The standard InChI is InChI=1S/C19H30N2OS/c1-16(2)12-19(23-15-17-8-5-4-6-9-17)13-20-21-11-7-10-18(21)14-22-3/h4-6,8-9,13,16,18-19H,7,10-12,14-15H2,1-3H3/b20-13+/t18-,19-/m0/s1. The molecule has 0 N–H and O–H groups in total. The maximum Gasteiger partial charge on any atom is 0.0704 e. The Morgan fingerprint density at radius 1 is 1.35 bits per heavy atom. The van der Waals surface area contributed by atoms with Crippen molar-refractivity contribution in [2.75, 3.05) is 20.3 Å². The Kier molecular flexibility index (Phi) is 7.96. The van der Waals surface area contributed by atoms with Crippen LogP contribution in [-0.4, -0.2) is 42.8 Å². The van der Waals surface area contributed by atoms with Gasteiger partial charge in [0.1, 0.15) is 0 Å². The van der Waals surface area contributed by atoms with Crippen LogP contribution in [0.3, 0.4) is 0 Å². The third-order valence-electron chi connectivity index (χ3n) is 4.10. The molecule has 0 bridgehead atoms. The van der Waals surface area contributed by atoms with Crippen molar-refractivity contribution >= 4 is 18.0 Å². The minimum Gasteiger partial charge on any atom is -0.382 e. The van der Waals surface area contributed by atoms with Gasteiger partial charge < -0.3 is 4.74 Å². The normalized spacial score (nSPS) is 19.8. The molecule has 0 aromatic heterocycles. The highest BCUT2D eigenvalue weighted by Gasteiger charge is 2.23. The van der Waals surface area contributed by atoms with Gasteiger partial charge in [-0.3, -0.25) is 5.01 Å². The Hall–Kier alpha value is -1.00. The molecule has 1 aromatic rings. The van der Waals surface area contributed by atoms with Gasteiger partial charge in [0, 0.05) is 30.9 Å². The van der Waals surface area contributed by atoms with Crippen molar-refractivity contribution in [3.8, 4) is 0 Å². The number of methoxy groups -OCH3 is 1. The Bertz CT molecular complexity index is 464. The lowest BCUT2D eigenvalue weighted by atomic mass is 10.1. The van der Waals surface area contributed by atoms with E-state index in [2.05, 4.69) is 55.4 Å². The van der Waals surface area contributed by atoms with Gasteiger partial charge in [0.05, 0.1) is 12.6 Å². The van der Waals surface area contributed by atoms with Crippen molar-refractivity contribution in [2.45, 2.75) is 50.2 Å². The molecule has 1 aliphatic heterocycles. The monoisotopic (exact) mass is 334 g/mol. The molecule has 0 radical (unpaired) electrons. The molecule has 1 heterocycles. The van der Waals surface area contributed by atoms with Crippen molar-refractivity contribution in [3.05, 3.63) is 35.9 Å². The van der Waals surface area contributed by atoms with E-state index in [0.29, 0.717) is 17.2 Å². The van der Waals surface area contributed by atoms with Gasteiger partial charge in [0.15, 0.2) is 0 Å². The topological polar surface area (TPSA) is 24.8 Å². The molecule has 2 atom stereocenters. The first-order chi connectivity index (χ1) is 11.2. The van der Waals surface area contributed by atoms with Gasteiger partial charge >= 0.3 is 0 Å². The van der Waals surface area contributed by atoms with Crippen LogP contribution in [0, 0.1) is 5.92 Å². The summed E-state index contributed by atoms with van der Waals surface area (Å²) in [5, 5.41) is 7.49. The fourth-order valence-corrected chi connectivity index (χ4v) is 4.17. The van der Waals surface area contributed by atoms with Crippen molar-refractivity contribution in [2.24, 2.45) is 11.0 Å². The fourth-order valence-electron chi connectivity index (χ4n) is 2.91. The molecule has 0 saturated carbocycles. The van der Waals surface area contributed by atoms with E-state index in [4.69, 9.17) is 9.84 Å². The minimum absolute atomic E-state index is 0.454. The maximum absolute atomic E-state index is 5.31. The molecular formula is C19H30N2OS. The van der Waals surface area contributed by atoms with Gasteiger partial charge in [-0.2, -0.15) is 5.10 Å². The van der Waals surface area contributed by atoms with Crippen LogP contribution in [0.25, 0.3) is 0 Å². The largest absolute Gasteiger partial charge is 0.382 e. The Balaban J connectivity index is 1.90. The highest BCUT2D eigenvalue weighted by atomic mass is 32.2. The number of nitrogens with zero attached hydrogens (tertiary/aromatic N) is 2. The molecule has 0 unspecified atom stereocenters. The van der Waals surface area contributed by atoms with Crippen molar-refractivity contribution < 1.29 is 4.74 Å². The highest BCUT2D eigenvalue weighted by Crippen LogP contribution is 2.23. The molecule has 2 rings (SSSR count). The van der Waals surface area contributed by atoms with Crippen LogP contribution in [0.2, 0.25) is 0 Å². The van der Waals surface area contributed by atoms with E-state index in [1.807, 2.05) is 11.8 Å². The first-order valence-corrected chi connectivity index (χ1v) is 9.69. The number of rotatable bonds is 9. The molecule has 3 nitrogen and oxygen atoms in total. The zero-order valence-electron chi connectivity index (χ0n) is 14.6. The molecule has 1 fully saturated rings. The third-order valence-corrected chi connectivity index (χ3v) is 5.34. The second-order valence-electron chi connectivity index (χ2n) is 6.64. The van der Waals surface area contributed by atoms with E-state index in [1.165, 1.54) is 24.8 Å². The van der Waals surface area contributed by atoms with Crippen LogP contribution in [-0.2, 0) is 10.5 Å². The summed E-state index contributed by atoms with van der Waals surface area (Å²) in [5.41, 5.74) is 1.39. The quantitative estimate of drug-likeness (QED) is 0.625. The zero-order valence-corrected chi connectivity index (χ0v) is 15.5. The van der Waals surface area contributed by atoms with Crippen LogP contribution in [0.4, 0.5) is 0 Å². The fraction of sp³-hybridized carbons (Fsp3) is 0.632. The summed E-state index contributed by atoms with van der Waals surface area (Å²) in [6.07, 6.45) is 5.75. The summed E-state index contributed by atoms with van der Waals surface area (Å²) in [4.78, 5) is 0. The molecule has 23 heavy (non-hydrogen) atoms. The van der Waals surface area contributed by atoms with Crippen molar-refractivity contribution in [3.63, 3.8) is 0 Å². The molecule has 128 valence electrons. The molecule has 0 spiro atoms. The van der Waals surface area contributed by atoms with E-state index < -0.39 is 0 Å². The smallest absolute Gasteiger partial charge is 0.0704 e. The van der Waals surface area contributed by atoms with E-state index >= 15 is 0 Å². The van der Waals surface area contributed by atoms with Gasteiger partial charge in [-0.15, -0.1) is 11.8 Å². The molecule has 0 aliphatic carbocycles. The second-order valence-corrected chi connectivity index (χ2v) is 7.87. The van der Waals surface area contributed by atoms with E-state index in [-0.39, 0.29) is 0 Å². The van der Waals surface area contributed by atoms with Crippen molar-refractivity contribution in [1.29, 1.82) is 0 Å². The van der Waals surface area contributed by atoms with E-state index in [0.717, 1.165) is 18.9 Å². The molecule has 1 saturated heterocycles. The van der Waals surface area contributed by atoms with Gasteiger partial charge in [0.2, 0.25) is 0 Å². The lowest BCUT2D eigenvalue weighted by Gasteiger charge is -2.22. The zero-order chi connectivity index (χ0) is 16.5. The highest BCUT2D eigenvalue weighted by molar-refractivity contribution is 7.99.